The Morgan fingerprint density at radius 3 is 2.02 bits per heavy atom. The summed E-state index contributed by atoms with van der Waals surface area (Å²) >= 11 is 0. The summed E-state index contributed by atoms with van der Waals surface area (Å²) in [5.41, 5.74) is 19.6. The molecule has 0 unspecified atom stereocenters. The molecule has 2 aromatic carbocycles. The molecule has 0 nitrogen and oxygen atoms in total. The summed E-state index contributed by atoms with van der Waals surface area (Å²) in [4.78, 5) is 0. The van der Waals surface area contributed by atoms with Crippen LogP contribution in [0.2, 0.25) is 0 Å². The van der Waals surface area contributed by atoms with Gasteiger partial charge in [0.2, 0.25) is 0 Å². The summed E-state index contributed by atoms with van der Waals surface area (Å²) in [5, 5.41) is 0. The second-order valence-corrected chi connectivity index (χ2v) is 14.7. The van der Waals surface area contributed by atoms with Gasteiger partial charge in [0.1, 0.15) is 0 Å². The minimum absolute atomic E-state index is 0.00643. The van der Waals surface area contributed by atoms with Crippen LogP contribution in [-0.4, -0.2) is 0 Å². The van der Waals surface area contributed by atoms with Crippen LogP contribution in [0.3, 0.4) is 0 Å². The zero-order valence-electron chi connectivity index (χ0n) is 27.4. The van der Waals surface area contributed by atoms with E-state index in [2.05, 4.69) is 113 Å². The summed E-state index contributed by atoms with van der Waals surface area (Å²) in [6.07, 6.45) is 3.19. The topological polar surface area (TPSA) is 0 Å². The van der Waals surface area contributed by atoms with Gasteiger partial charge in [0, 0.05) is 5.41 Å². The van der Waals surface area contributed by atoms with Crippen molar-refractivity contribution in [1.29, 1.82) is 0 Å². The Labute approximate surface area is 250 Å². The Balaban J connectivity index is 1.80. The molecule has 0 saturated carbocycles. The fourth-order valence-electron chi connectivity index (χ4n) is 9.35. The van der Waals surface area contributed by atoms with Crippen molar-refractivity contribution in [2.24, 2.45) is 16.2 Å². The molecule has 2 aromatic rings. The van der Waals surface area contributed by atoms with Crippen molar-refractivity contribution in [1.82, 2.24) is 0 Å². The zero-order chi connectivity index (χ0) is 30.4. The van der Waals surface area contributed by atoms with E-state index in [1.807, 2.05) is 0 Å². The number of rotatable bonds is 4. The van der Waals surface area contributed by atoms with Crippen LogP contribution in [-0.2, 0) is 6.42 Å². The molecule has 0 heteroatoms. The molecule has 0 aliphatic heterocycles. The van der Waals surface area contributed by atoms with Gasteiger partial charge in [-0.3, -0.25) is 0 Å². The highest BCUT2D eigenvalue weighted by Gasteiger charge is 2.59. The molecule has 0 heterocycles. The van der Waals surface area contributed by atoms with Gasteiger partial charge in [0.05, 0.1) is 0 Å². The van der Waals surface area contributed by atoms with Crippen LogP contribution >= 0.6 is 0 Å². The molecule has 3 aliphatic carbocycles. The van der Waals surface area contributed by atoms with E-state index in [-0.39, 0.29) is 16.2 Å². The van der Waals surface area contributed by atoms with Gasteiger partial charge in [-0.15, -0.1) is 0 Å². The molecule has 214 valence electrons. The van der Waals surface area contributed by atoms with E-state index in [9.17, 15) is 0 Å². The normalized spacial score (nSPS) is 27.6. The molecule has 0 radical (unpaired) electrons. The standard InChI is InChI=1S/C41H50/c1-23(2)31-15-17-32(18-16-31)34-19-33(24(3)4)27(8)37-28(9)38-30(11)41(14)29(10)36(25(5)6)26(7)20-40(41,13)22-39(38,12)21-35(34)37/h15-19,23H,3,5,9-10,20-22H2,1-2,4,6-8,11-14H3/t39-,40+,41-/m1/s1. The first kappa shape index (κ1) is 29.4. The van der Waals surface area contributed by atoms with Crippen molar-refractivity contribution >= 4 is 11.1 Å². The van der Waals surface area contributed by atoms with Crippen molar-refractivity contribution < 1.29 is 0 Å². The predicted octanol–water partition coefficient (Wildman–Crippen LogP) is 12.0. The van der Waals surface area contributed by atoms with E-state index in [4.69, 9.17) is 13.2 Å². The van der Waals surface area contributed by atoms with Gasteiger partial charge in [-0.2, -0.15) is 0 Å². The lowest BCUT2D eigenvalue weighted by Crippen LogP contribution is -2.52. The van der Waals surface area contributed by atoms with Crippen molar-refractivity contribution in [3.8, 4) is 11.1 Å². The lowest BCUT2D eigenvalue weighted by molar-refractivity contribution is 0.0544. The van der Waals surface area contributed by atoms with E-state index in [1.165, 1.54) is 72.4 Å². The molecule has 5 rings (SSSR count). The predicted molar refractivity (Wildman–Crippen MR) is 181 cm³/mol. The Morgan fingerprint density at radius 2 is 1.49 bits per heavy atom. The first-order valence-corrected chi connectivity index (χ1v) is 15.4. The Hall–Kier alpha value is -3.12. The summed E-state index contributed by atoms with van der Waals surface area (Å²) in [7, 11) is 0. The number of benzene rings is 2. The lowest BCUT2D eigenvalue weighted by atomic mass is 9.41. The number of hydrogen-bond donors (Lipinski definition) is 0. The number of hydrogen-bond acceptors (Lipinski definition) is 0. The lowest BCUT2D eigenvalue weighted by Gasteiger charge is -2.62. The summed E-state index contributed by atoms with van der Waals surface area (Å²) < 4.78 is 0. The maximum absolute atomic E-state index is 4.91. The molecule has 0 amide bonds. The Morgan fingerprint density at radius 1 is 0.878 bits per heavy atom. The monoisotopic (exact) mass is 542 g/mol. The van der Waals surface area contributed by atoms with Crippen LogP contribution in [0.15, 0.2) is 90.1 Å². The highest BCUT2D eigenvalue weighted by atomic mass is 14.6. The van der Waals surface area contributed by atoms with E-state index in [1.54, 1.807) is 0 Å². The minimum Gasteiger partial charge on any atom is -0.0955 e. The molecule has 41 heavy (non-hydrogen) atoms. The van der Waals surface area contributed by atoms with Gasteiger partial charge >= 0.3 is 0 Å². The first-order chi connectivity index (χ1) is 19.0. The van der Waals surface area contributed by atoms with Crippen molar-refractivity contribution in [3.05, 3.63) is 118 Å². The van der Waals surface area contributed by atoms with Gasteiger partial charge in [0.15, 0.2) is 0 Å². The van der Waals surface area contributed by atoms with Crippen molar-refractivity contribution in [2.45, 2.75) is 94.4 Å². The van der Waals surface area contributed by atoms with Crippen molar-refractivity contribution in [3.63, 3.8) is 0 Å². The van der Waals surface area contributed by atoms with E-state index < -0.39 is 0 Å². The average Bonchev–Trinajstić information content (AvgIpc) is 2.85. The van der Waals surface area contributed by atoms with E-state index >= 15 is 0 Å². The summed E-state index contributed by atoms with van der Waals surface area (Å²) in [5.74, 6) is 0.516. The van der Waals surface area contributed by atoms with Crippen LogP contribution < -0.4 is 0 Å². The largest absolute Gasteiger partial charge is 0.0955 e. The maximum atomic E-state index is 4.91. The molecular formula is C41H50. The molecule has 0 spiro atoms. The van der Waals surface area contributed by atoms with E-state index in [0.29, 0.717) is 5.92 Å². The Kier molecular flexibility index (Phi) is 6.77. The second kappa shape index (κ2) is 9.45. The van der Waals surface area contributed by atoms with E-state index in [0.717, 1.165) is 30.4 Å². The SMILES string of the molecule is C=C(C)C1=C(C)C[C@@]2(C)C[C@@]3(C)Cc4c(-c5ccc(C(C)C)cc5)cc(C(=C)C)c(C)c4C(=C)C3=C(C)[C@@]2(C)C1=C. The van der Waals surface area contributed by atoms with Gasteiger partial charge in [-0.1, -0.05) is 107 Å². The van der Waals surface area contributed by atoms with Crippen LogP contribution in [0, 0.1) is 23.2 Å². The van der Waals surface area contributed by atoms with Crippen LogP contribution in [0.5, 0.6) is 0 Å². The Bertz CT molecular complexity index is 1610. The van der Waals surface area contributed by atoms with Crippen molar-refractivity contribution in [2.75, 3.05) is 0 Å². The highest BCUT2D eigenvalue weighted by molar-refractivity contribution is 5.92. The molecule has 3 atom stereocenters. The molecular weight excluding hydrogens is 492 g/mol. The summed E-state index contributed by atoms with van der Waals surface area (Å²) in [6.45, 7) is 41.7. The smallest absolute Gasteiger partial charge is 0.0194 e. The second-order valence-electron chi connectivity index (χ2n) is 14.7. The molecule has 0 saturated heterocycles. The van der Waals surface area contributed by atoms with Crippen LogP contribution in [0.1, 0.15) is 109 Å². The number of allylic oxidation sites excluding steroid dienone is 8. The average molecular weight is 543 g/mol. The third-order valence-corrected chi connectivity index (χ3v) is 11.3. The van der Waals surface area contributed by atoms with Gasteiger partial charge in [-0.05, 0) is 138 Å². The van der Waals surface area contributed by atoms with Crippen LogP contribution in [0.4, 0.5) is 0 Å². The third-order valence-electron chi connectivity index (χ3n) is 11.3. The highest BCUT2D eigenvalue weighted by Crippen LogP contribution is 2.70. The molecule has 0 aromatic heterocycles. The minimum atomic E-state index is -0.147. The van der Waals surface area contributed by atoms with Gasteiger partial charge < -0.3 is 0 Å². The molecule has 0 fully saturated rings. The molecule has 3 aliphatic rings. The fraction of sp³-hybridized carbons (Fsp3) is 0.415. The third kappa shape index (κ3) is 4.00. The fourth-order valence-corrected chi connectivity index (χ4v) is 9.35. The van der Waals surface area contributed by atoms with Crippen LogP contribution in [0.25, 0.3) is 22.3 Å². The first-order valence-electron chi connectivity index (χ1n) is 15.4. The maximum Gasteiger partial charge on any atom is 0.0194 e. The molecule has 0 bridgehead atoms. The summed E-state index contributed by atoms with van der Waals surface area (Å²) in [6, 6.07) is 11.7. The molecule has 0 N–H and O–H groups in total. The van der Waals surface area contributed by atoms with Gasteiger partial charge in [0.25, 0.3) is 0 Å². The zero-order valence-corrected chi connectivity index (χ0v) is 27.4. The quantitative estimate of drug-likeness (QED) is 0.360. The van der Waals surface area contributed by atoms with Gasteiger partial charge in [-0.25, -0.2) is 0 Å². The number of fused-ring (bicyclic) bond motifs is 3.